The number of para-hydroxylation sites is 1. The lowest BCUT2D eigenvalue weighted by Crippen LogP contribution is -2.57. The van der Waals surface area contributed by atoms with Gasteiger partial charge in [-0.15, -0.1) is 0 Å². The highest BCUT2D eigenvalue weighted by atomic mass is 79.9. The van der Waals surface area contributed by atoms with Crippen molar-refractivity contribution < 1.29 is 9.59 Å². The van der Waals surface area contributed by atoms with E-state index in [4.69, 9.17) is 0 Å². The van der Waals surface area contributed by atoms with Crippen LogP contribution in [0.5, 0.6) is 0 Å². The van der Waals surface area contributed by atoms with Gasteiger partial charge in [0.05, 0.1) is 5.69 Å². The molecular formula is C15H16Br2N2O2. The largest absolute Gasteiger partial charge is 0.342 e. The van der Waals surface area contributed by atoms with Crippen molar-refractivity contribution in [2.75, 3.05) is 11.4 Å². The second-order valence-electron chi connectivity index (χ2n) is 5.80. The molecule has 2 amide bonds. The van der Waals surface area contributed by atoms with Crippen molar-refractivity contribution in [3.05, 3.63) is 27.1 Å². The lowest BCUT2D eigenvalue weighted by Gasteiger charge is -2.33. The van der Waals surface area contributed by atoms with Crippen LogP contribution in [0.2, 0.25) is 0 Å². The van der Waals surface area contributed by atoms with Crippen LogP contribution >= 0.6 is 31.9 Å². The molecule has 1 aromatic carbocycles. The number of hydrogen-bond acceptors (Lipinski definition) is 2. The normalized spacial score (nSPS) is 26.5. The van der Waals surface area contributed by atoms with E-state index in [1.54, 1.807) is 4.90 Å². The average Bonchev–Trinajstić information content (AvgIpc) is 3.25. The summed E-state index contributed by atoms with van der Waals surface area (Å²) in [6, 6.07) is 5.72. The molecule has 1 aliphatic carbocycles. The summed E-state index contributed by atoms with van der Waals surface area (Å²) in [4.78, 5) is 26.8. The van der Waals surface area contributed by atoms with Crippen LogP contribution in [0.3, 0.4) is 0 Å². The molecule has 21 heavy (non-hydrogen) atoms. The van der Waals surface area contributed by atoms with Crippen molar-refractivity contribution in [1.29, 1.82) is 0 Å². The molecule has 2 aliphatic rings. The van der Waals surface area contributed by atoms with Crippen LogP contribution in [-0.4, -0.2) is 23.9 Å². The number of amides is 2. The predicted octanol–water partition coefficient (Wildman–Crippen LogP) is 3.23. The summed E-state index contributed by atoms with van der Waals surface area (Å²) in [5.41, 5.74) is 0.00773. The quantitative estimate of drug-likeness (QED) is 0.805. The fraction of sp³-hybridized carbons (Fsp3) is 0.467. The van der Waals surface area contributed by atoms with Crippen molar-refractivity contribution in [3.8, 4) is 0 Å². The van der Waals surface area contributed by atoms with E-state index in [0.29, 0.717) is 13.0 Å². The second-order valence-corrected chi connectivity index (χ2v) is 7.51. The number of hydrogen-bond donors (Lipinski definition) is 1. The summed E-state index contributed by atoms with van der Waals surface area (Å²) in [5.74, 6) is 0.169. The van der Waals surface area contributed by atoms with Crippen LogP contribution < -0.4 is 10.2 Å². The maximum atomic E-state index is 13.1. The highest BCUT2D eigenvalue weighted by Gasteiger charge is 2.51. The van der Waals surface area contributed by atoms with E-state index in [0.717, 1.165) is 27.5 Å². The molecule has 1 aliphatic heterocycles. The van der Waals surface area contributed by atoms with E-state index < -0.39 is 5.54 Å². The molecule has 1 N–H and O–H groups in total. The Labute approximate surface area is 140 Å². The zero-order valence-electron chi connectivity index (χ0n) is 11.7. The van der Waals surface area contributed by atoms with Gasteiger partial charge in [0.2, 0.25) is 5.91 Å². The Kier molecular flexibility index (Phi) is 3.86. The molecule has 1 saturated heterocycles. The van der Waals surface area contributed by atoms with Crippen molar-refractivity contribution in [3.63, 3.8) is 0 Å². The summed E-state index contributed by atoms with van der Waals surface area (Å²) >= 11 is 7.02. The van der Waals surface area contributed by atoms with Crippen molar-refractivity contribution in [1.82, 2.24) is 5.32 Å². The minimum absolute atomic E-state index is 0.0246. The van der Waals surface area contributed by atoms with Gasteiger partial charge >= 0.3 is 0 Å². The Morgan fingerprint density at radius 1 is 1.24 bits per heavy atom. The van der Waals surface area contributed by atoms with E-state index in [1.165, 1.54) is 0 Å². The van der Waals surface area contributed by atoms with E-state index in [1.807, 2.05) is 25.1 Å². The Morgan fingerprint density at radius 3 is 2.43 bits per heavy atom. The molecule has 0 bridgehead atoms. The number of benzene rings is 1. The first-order chi connectivity index (χ1) is 9.93. The summed E-state index contributed by atoms with van der Waals surface area (Å²) in [6.45, 7) is 2.25. The monoisotopic (exact) mass is 414 g/mol. The maximum Gasteiger partial charge on any atom is 0.252 e. The summed E-state index contributed by atoms with van der Waals surface area (Å²) in [5, 5.41) is 2.94. The molecule has 3 rings (SSSR count). The number of carbonyl (C=O) groups excluding carboxylic acids is 2. The fourth-order valence-electron chi connectivity index (χ4n) is 2.90. The molecule has 112 valence electrons. The highest BCUT2D eigenvalue weighted by Crippen LogP contribution is 2.43. The van der Waals surface area contributed by atoms with Gasteiger partial charge in [-0.1, -0.05) is 6.07 Å². The van der Waals surface area contributed by atoms with Gasteiger partial charge < -0.3 is 10.2 Å². The van der Waals surface area contributed by atoms with E-state index in [-0.39, 0.29) is 17.7 Å². The van der Waals surface area contributed by atoms with Crippen LogP contribution in [-0.2, 0) is 9.59 Å². The molecule has 1 atom stereocenters. The van der Waals surface area contributed by atoms with Gasteiger partial charge in [0.25, 0.3) is 5.91 Å². The van der Waals surface area contributed by atoms with Gasteiger partial charge in [-0.25, -0.2) is 0 Å². The van der Waals surface area contributed by atoms with Gasteiger partial charge in [-0.2, -0.15) is 0 Å². The highest BCUT2D eigenvalue weighted by molar-refractivity contribution is 9.11. The molecule has 1 aromatic rings. The smallest absolute Gasteiger partial charge is 0.252 e. The van der Waals surface area contributed by atoms with Crippen molar-refractivity contribution in [2.24, 2.45) is 5.92 Å². The van der Waals surface area contributed by atoms with Gasteiger partial charge in [0, 0.05) is 21.9 Å². The van der Waals surface area contributed by atoms with E-state index in [9.17, 15) is 9.59 Å². The zero-order chi connectivity index (χ0) is 15.2. The van der Waals surface area contributed by atoms with Gasteiger partial charge in [0.15, 0.2) is 0 Å². The maximum absolute atomic E-state index is 13.1. The van der Waals surface area contributed by atoms with Crippen LogP contribution in [0.15, 0.2) is 27.1 Å². The minimum atomic E-state index is -0.789. The fourth-order valence-corrected chi connectivity index (χ4v) is 4.32. The van der Waals surface area contributed by atoms with Gasteiger partial charge in [0.1, 0.15) is 5.54 Å². The molecule has 2 fully saturated rings. The summed E-state index contributed by atoms with van der Waals surface area (Å²) in [7, 11) is 0. The third-order valence-corrected chi connectivity index (χ3v) is 5.53. The second kappa shape index (κ2) is 5.39. The Morgan fingerprint density at radius 2 is 1.86 bits per heavy atom. The molecular weight excluding hydrogens is 400 g/mol. The molecule has 0 radical (unpaired) electrons. The van der Waals surface area contributed by atoms with E-state index >= 15 is 0 Å². The van der Waals surface area contributed by atoms with Crippen LogP contribution in [0.4, 0.5) is 5.69 Å². The Hall–Kier alpha value is -0.880. The average molecular weight is 416 g/mol. The van der Waals surface area contributed by atoms with Crippen LogP contribution in [0, 0.1) is 5.92 Å². The standard InChI is InChI=1S/C15H16Br2N2O2/c1-15(9-5-6-9)14(21)19(8-7-12(20)18-15)13-10(16)3-2-4-11(13)17/h2-4,9H,5-8H2,1H3,(H,18,20). The molecule has 4 nitrogen and oxygen atoms in total. The predicted molar refractivity (Wildman–Crippen MR) is 88.1 cm³/mol. The SMILES string of the molecule is CC1(C2CC2)NC(=O)CCN(c2c(Br)cccc2Br)C1=O. The van der Waals surface area contributed by atoms with Gasteiger partial charge in [-0.3, -0.25) is 9.59 Å². The number of anilines is 1. The van der Waals surface area contributed by atoms with Crippen LogP contribution in [0.25, 0.3) is 0 Å². The first-order valence-corrected chi connectivity index (χ1v) is 8.59. The first kappa shape index (κ1) is 15.0. The van der Waals surface area contributed by atoms with Crippen molar-refractivity contribution in [2.45, 2.75) is 31.7 Å². The van der Waals surface area contributed by atoms with Gasteiger partial charge in [-0.05, 0) is 69.7 Å². The third kappa shape index (κ3) is 2.63. The number of halogens is 2. The number of carbonyl (C=O) groups is 2. The molecule has 6 heteroatoms. The van der Waals surface area contributed by atoms with Crippen molar-refractivity contribution >= 4 is 49.4 Å². The Bertz CT molecular complexity index is 595. The zero-order valence-corrected chi connectivity index (χ0v) is 14.8. The number of nitrogens with one attached hydrogen (secondary N) is 1. The molecule has 0 aromatic heterocycles. The number of rotatable bonds is 2. The van der Waals surface area contributed by atoms with Crippen LogP contribution in [0.1, 0.15) is 26.2 Å². The first-order valence-electron chi connectivity index (χ1n) is 7.00. The third-order valence-electron chi connectivity index (χ3n) is 4.25. The molecule has 1 unspecified atom stereocenters. The molecule has 0 spiro atoms. The number of nitrogens with zero attached hydrogens (tertiary/aromatic N) is 1. The minimum Gasteiger partial charge on any atom is -0.342 e. The summed E-state index contributed by atoms with van der Waals surface area (Å²) < 4.78 is 1.69. The lowest BCUT2D eigenvalue weighted by molar-refractivity contribution is -0.130. The topological polar surface area (TPSA) is 49.4 Å². The lowest BCUT2D eigenvalue weighted by atomic mass is 9.94. The van der Waals surface area contributed by atoms with E-state index in [2.05, 4.69) is 37.2 Å². The molecule has 1 saturated carbocycles. The molecule has 1 heterocycles. The summed E-state index contributed by atoms with van der Waals surface area (Å²) in [6.07, 6.45) is 2.31. The Balaban J connectivity index is 2.05.